The number of rotatable bonds is 5. The van der Waals surface area contributed by atoms with Crippen molar-refractivity contribution in [2.45, 2.75) is 52.2 Å². The molecule has 1 N–H and O–H groups in total. The normalized spacial score (nSPS) is 26.3. The summed E-state index contributed by atoms with van der Waals surface area (Å²) in [6.07, 6.45) is 6.29. The van der Waals surface area contributed by atoms with E-state index in [0.717, 1.165) is 25.6 Å². The van der Waals surface area contributed by atoms with Gasteiger partial charge in [0.1, 0.15) is 0 Å². The lowest BCUT2D eigenvalue weighted by atomic mass is 9.93. The smallest absolute Gasteiger partial charge is 0.0312 e. The molecule has 0 amide bonds. The minimum Gasteiger partial charge on any atom is -0.311 e. The van der Waals surface area contributed by atoms with Gasteiger partial charge in [0.25, 0.3) is 0 Å². The molecule has 3 heteroatoms. The molecule has 3 nitrogen and oxygen atoms in total. The Morgan fingerprint density at radius 2 is 2.32 bits per heavy atom. The van der Waals surface area contributed by atoms with E-state index in [4.69, 9.17) is 0 Å². The number of hydrogen-bond donors (Lipinski definition) is 1. The molecule has 1 aliphatic heterocycles. The Kier molecular flexibility index (Phi) is 5.34. The van der Waals surface area contributed by atoms with E-state index in [-0.39, 0.29) is 0 Å². The lowest BCUT2D eigenvalue weighted by Crippen LogP contribution is -2.57. The first kappa shape index (κ1) is 14.5. The van der Waals surface area contributed by atoms with Crippen LogP contribution in [0.15, 0.2) is 24.5 Å². The van der Waals surface area contributed by atoms with Crippen molar-refractivity contribution in [3.8, 4) is 0 Å². The van der Waals surface area contributed by atoms with Crippen molar-refractivity contribution in [3.63, 3.8) is 0 Å². The zero-order valence-electron chi connectivity index (χ0n) is 12.5. The lowest BCUT2D eigenvalue weighted by Gasteiger charge is -2.43. The summed E-state index contributed by atoms with van der Waals surface area (Å²) in [5, 5.41) is 3.69. The monoisotopic (exact) mass is 261 g/mol. The number of hydrogen-bond acceptors (Lipinski definition) is 3. The van der Waals surface area contributed by atoms with E-state index in [0.29, 0.717) is 12.1 Å². The predicted octanol–water partition coefficient (Wildman–Crippen LogP) is 2.68. The third-order valence-corrected chi connectivity index (χ3v) is 4.44. The highest BCUT2D eigenvalue weighted by Crippen LogP contribution is 2.21. The number of nitrogens with zero attached hydrogens (tertiary/aromatic N) is 2. The SMILES string of the molecule is CCC1CN(Cc2cccnc2)C(C(C)CC)CN1. The van der Waals surface area contributed by atoms with E-state index in [9.17, 15) is 0 Å². The van der Waals surface area contributed by atoms with Crippen LogP contribution in [0, 0.1) is 5.92 Å². The molecule has 19 heavy (non-hydrogen) atoms. The summed E-state index contributed by atoms with van der Waals surface area (Å²) < 4.78 is 0. The van der Waals surface area contributed by atoms with Crippen molar-refractivity contribution >= 4 is 0 Å². The van der Waals surface area contributed by atoms with Crippen LogP contribution in [-0.4, -0.2) is 35.1 Å². The van der Waals surface area contributed by atoms with Gasteiger partial charge in [0.2, 0.25) is 0 Å². The van der Waals surface area contributed by atoms with E-state index >= 15 is 0 Å². The molecule has 1 aromatic heterocycles. The van der Waals surface area contributed by atoms with Crippen molar-refractivity contribution < 1.29 is 0 Å². The van der Waals surface area contributed by atoms with Crippen LogP contribution in [0.3, 0.4) is 0 Å². The third kappa shape index (κ3) is 3.77. The van der Waals surface area contributed by atoms with E-state index < -0.39 is 0 Å². The summed E-state index contributed by atoms with van der Waals surface area (Å²) in [5.74, 6) is 0.738. The molecular formula is C16H27N3. The third-order valence-electron chi connectivity index (χ3n) is 4.44. The van der Waals surface area contributed by atoms with Gasteiger partial charge in [-0.1, -0.05) is 33.3 Å². The van der Waals surface area contributed by atoms with Gasteiger partial charge < -0.3 is 5.32 Å². The molecule has 0 aromatic carbocycles. The summed E-state index contributed by atoms with van der Waals surface area (Å²) in [6.45, 7) is 10.2. The molecule has 3 atom stereocenters. The van der Waals surface area contributed by atoms with Crippen LogP contribution in [-0.2, 0) is 6.54 Å². The minimum absolute atomic E-state index is 0.636. The zero-order chi connectivity index (χ0) is 13.7. The first-order valence-corrected chi connectivity index (χ1v) is 7.60. The van der Waals surface area contributed by atoms with Crippen LogP contribution < -0.4 is 5.32 Å². The molecule has 0 radical (unpaired) electrons. The van der Waals surface area contributed by atoms with Crippen molar-refractivity contribution in [1.82, 2.24) is 15.2 Å². The highest BCUT2D eigenvalue weighted by Gasteiger charge is 2.29. The molecule has 2 heterocycles. The maximum absolute atomic E-state index is 4.24. The van der Waals surface area contributed by atoms with Gasteiger partial charge in [-0.25, -0.2) is 0 Å². The summed E-state index contributed by atoms with van der Waals surface area (Å²) in [6, 6.07) is 5.50. The Balaban J connectivity index is 2.06. The molecule has 1 fully saturated rings. The van der Waals surface area contributed by atoms with Crippen molar-refractivity contribution in [2.75, 3.05) is 13.1 Å². The quantitative estimate of drug-likeness (QED) is 0.883. The van der Waals surface area contributed by atoms with Crippen LogP contribution >= 0.6 is 0 Å². The van der Waals surface area contributed by atoms with Crippen LogP contribution in [0.25, 0.3) is 0 Å². The van der Waals surface area contributed by atoms with Crippen molar-refractivity contribution in [3.05, 3.63) is 30.1 Å². The highest BCUT2D eigenvalue weighted by atomic mass is 15.2. The van der Waals surface area contributed by atoms with Crippen LogP contribution in [0.2, 0.25) is 0 Å². The molecule has 3 unspecified atom stereocenters. The van der Waals surface area contributed by atoms with Gasteiger partial charge in [-0.2, -0.15) is 0 Å². The summed E-state index contributed by atoms with van der Waals surface area (Å²) >= 11 is 0. The van der Waals surface area contributed by atoms with Gasteiger partial charge in [0.05, 0.1) is 0 Å². The molecular weight excluding hydrogens is 234 g/mol. The lowest BCUT2D eigenvalue weighted by molar-refractivity contribution is 0.0832. The Hall–Kier alpha value is -0.930. The van der Waals surface area contributed by atoms with E-state index in [1.165, 1.54) is 18.4 Å². The Bertz CT molecular complexity index is 366. The summed E-state index contributed by atoms with van der Waals surface area (Å²) in [4.78, 5) is 6.89. The Morgan fingerprint density at radius 1 is 1.47 bits per heavy atom. The van der Waals surface area contributed by atoms with Gasteiger partial charge in [-0.05, 0) is 24.0 Å². The second-order valence-electron chi connectivity index (χ2n) is 5.76. The first-order chi connectivity index (χ1) is 9.24. The van der Waals surface area contributed by atoms with Gasteiger partial charge >= 0.3 is 0 Å². The van der Waals surface area contributed by atoms with Gasteiger partial charge in [0.15, 0.2) is 0 Å². The fourth-order valence-electron chi connectivity index (χ4n) is 2.91. The molecule has 0 bridgehead atoms. The van der Waals surface area contributed by atoms with Gasteiger partial charge in [-0.15, -0.1) is 0 Å². The summed E-state index contributed by atoms with van der Waals surface area (Å²) in [5.41, 5.74) is 1.33. The van der Waals surface area contributed by atoms with Crippen LogP contribution in [0.1, 0.15) is 39.2 Å². The fraction of sp³-hybridized carbons (Fsp3) is 0.688. The van der Waals surface area contributed by atoms with Crippen molar-refractivity contribution in [2.24, 2.45) is 5.92 Å². The van der Waals surface area contributed by atoms with Gasteiger partial charge in [-0.3, -0.25) is 9.88 Å². The fourth-order valence-corrected chi connectivity index (χ4v) is 2.91. The average Bonchev–Trinajstić information content (AvgIpc) is 2.47. The number of piperazine rings is 1. The standard InChI is InChI=1S/C16H27N3/c1-4-13(3)16-10-18-15(5-2)12-19(16)11-14-7-6-8-17-9-14/h6-9,13,15-16,18H,4-5,10-12H2,1-3H3. The first-order valence-electron chi connectivity index (χ1n) is 7.60. The molecule has 0 aliphatic carbocycles. The van der Waals surface area contributed by atoms with E-state index in [2.05, 4.69) is 42.0 Å². The molecule has 1 aromatic rings. The maximum Gasteiger partial charge on any atom is 0.0312 e. The molecule has 0 saturated carbocycles. The number of nitrogens with one attached hydrogen (secondary N) is 1. The average molecular weight is 261 g/mol. The second-order valence-corrected chi connectivity index (χ2v) is 5.76. The van der Waals surface area contributed by atoms with Crippen LogP contribution in [0.5, 0.6) is 0 Å². The zero-order valence-corrected chi connectivity index (χ0v) is 12.5. The molecule has 1 aliphatic rings. The molecule has 106 valence electrons. The Morgan fingerprint density at radius 3 is 2.95 bits per heavy atom. The largest absolute Gasteiger partial charge is 0.311 e. The second kappa shape index (κ2) is 7.01. The van der Waals surface area contributed by atoms with E-state index in [1.54, 1.807) is 0 Å². The van der Waals surface area contributed by atoms with Crippen LogP contribution in [0.4, 0.5) is 0 Å². The number of aromatic nitrogens is 1. The summed E-state index contributed by atoms with van der Waals surface area (Å²) in [7, 11) is 0. The van der Waals surface area contributed by atoms with E-state index in [1.807, 2.05) is 18.5 Å². The Labute approximate surface area is 117 Å². The number of pyridine rings is 1. The highest BCUT2D eigenvalue weighted by molar-refractivity contribution is 5.09. The maximum atomic E-state index is 4.24. The topological polar surface area (TPSA) is 28.2 Å². The molecule has 0 spiro atoms. The molecule has 2 rings (SSSR count). The molecule has 1 saturated heterocycles. The van der Waals surface area contributed by atoms with Gasteiger partial charge in [0, 0.05) is 44.1 Å². The minimum atomic E-state index is 0.636. The predicted molar refractivity (Wildman–Crippen MR) is 80.0 cm³/mol. The van der Waals surface area contributed by atoms with Crippen molar-refractivity contribution in [1.29, 1.82) is 0 Å².